The number of benzene rings is 1. The van der Waals surface area contributed by atoms with E-state index in [4.69, 9.17) is 0 Å². The fourth-order valence-electron chi connectivity index (χ4n) is 1.81. The number of likely N-dealkylation sites (N-methyl/N-ethyl adjacent to an activating group) is 1. The maximum absolute atomic E-state index is 11.4. The van der Waals surface area contributed by atoms with Crippen LogP contribution in [-0.2, 0) is 6.54 Å². The number of ketones is 1. The Morgan fingerprint density at radius 1 is 1.33 bits per heavy atom. The van der Waals surface area contributed by atoms with Crippen LogP contribution in [0.2, 0.25) is 0 Å². The van der Waals surface area contributed by atoms with Crippen LogP contribution >= 0.6 is 0 Å². The van der Waals surface area contributed by atoms with Gasteiger partial charge in [-0.1, -0.05) is 36.1 Å². The maximum atomic E-state index is 11.4. The summed E-state index contributed by atoms with van der Waals surface area (Å²) in [6.45, 7) is 9.55. The predicted molar refractivity (Wildman–Crippen MR) is 89.2 cm³/mol. The second kappa shape index (κ2) is 7.81. The van der Waals surface area contributed by atoms with E-state index in [2.05, 4.69) is 50.6 Å². The minimum atomic E-state index is 0.0450. The summed E-state index contributed by atoms with van der Waals surface area (Å²) >= 11 is 0. The Balaban J connectivity index is 2.52. The molecule has 2 heteroatoms. The van der Waals surface area contributed by atoms with Gasteiger partial charge in [0.25, 0.3) is 0 Å². The molecule has 2 nitrogen and oxygen atoms in total. The molecule has 0 saturated heterocycles. The van der Waals surface area contributed by atoms with Crippen molar-refractivity contribution in [1.29, 1.82) is 0 Å². The fourth-order valence-corrected chi connectivity index (χ4v) is 1.81. The summed E-state index contributed by atoms with van der Waals surface area (Å²) in [5, 5.41) is 0. The molecule has 0 radical (unpaired) electrons. The van der Waals surface area contributed by atoms with Gasteiger partial charge in [0.05, 0.1) is 0 Å². The lowest BCUT2D eigenvalue weighted by molar-refractivity contribution is 0.101. The SMILES string of the molecule is CC(=O)c1cccc(CN(C)CC=CC#CC(C)(C)C)c1. The van der Waals surface area contributed by atoms with Gasteiger partial charge < -0.3 is 0 Å². The number of nitrogens with zero attached hydrogens (tertiary/aromatic N) is 1. The maximum Gasteiger partial charge on any atom is 0.159 e. The summed E-state index contributed by atoms with van der Waals surface area (Å²) in [5.74, 6) is 6.35. The lowest BCUT2D eigenvalue weighted by Crippen LogP contribution is -2.17. The van der Waals surface area contributed by atoms with Gasteiger partial charge in [-0.25, -0.2) is 0 Å². The summed E-state index contributed by atoms with van der Waals surface area (Å²) in [6.07, 6.45) is 3.97. The van der Waals surface area contributed by atoms with Crippen LogP contribution in [0.1, 0.15) is 43.6 Å². The highest BCUT2D eigenvalue weighted by atomic mass is 16.1. The smallest absolute Gasteiger partial charge is 0.159 e. The molecule has 0 heterocycles. The van der Waals surface area contributed by atoms with Crippen LogP contribution in [0, 0.1) is 17.3 Å². The van der Waals surface area contributed by atoms with Crippen molar-refractivity contribution in [3.63, 3.8) is 0 Å². The van der Waals surface area contributed by atoms with Gasteiger partial charge in [0, 0.05) is 24.1 Å². The van der Waals surface area contributed by atoms with Crippen LogP contribution in [0.4, 0.5) is 0 Å². The molecule has 1 aromatic rings. The molecule has 21 heavy (non-hydrogen) atoms. The predicted octanol–water partition coefficient (Wildman–Crippen LogP) is 3.93. The topological polar surface area (TPSA) is 20.3 Å². The molecule has 112 valence electrons. The van der Waals surface area contributed by atoms with E-state index in [-0.39, 0.29) is 11.2 Å². The van der Waals surface area contributed by atoms with Crippen molar-refractivity contribution < 1.29 is 4.79 Å². The second-order valence-corrected chi connectivity index (χ2v) is 6.38. The van der Waals surface area contributed by atoms with Crippen LogP contribution in [-0.4, -0.2) is 24.3 Å². The van der Waals surface area contributed by atoms with E-state index in [9.17, 15) is 4.79 Å². The molecule has 0 unspecified atom stereocenters. The first-order valence-electron chi connectivity index (χ1n) is 7.24. The Hall–Kier alpha value is -1.85. The van der Waals surface area contributed by atoms with E-state index >= 15 is 0 Å². The largest absolute Gasteiger partial charge is 0.298 e. The Bertz CT molecular complexity index is 567. The third-order valence-corrected chi connectivity index (χ3v) is 2.85. The van der Waals surface area contributed by atoms with Crippen LogP contribution in [0.5, 0.6) is 0 Å². The molecule has 0 N–H and O–H groups in total. The average molecular weight is 283 g/mol. The Morgan fingerprint density at radius 3 is 2.67 bits per heavy atom. The molecule has 0 aliphatic rings. The molecule has 0 aromatic heterocycles. The van der Waals surface area contributed by atoms with Crippen molar-refractivity contribution in [2.24, 2.45) is 5.41 Å². The van der Waals surface area contributed by atoms with Gasteiger partial charge in [0.2, 0.25) is 0 Å². The Morgan fingerprint density at radius 2 is 2.05 bits per heavy atom. The fraction of sp³-hybridized carbons (Fsp3) is 0.421. The van der Waals surface area contributed by atoms with Crippen molar-refractivity contribution in [3.8, 4) is 11.8 Å². The first-order chi connectivity index (χ1) is 9.78. The highest BCUT2D eigenvalue weighted by Crippen LogP contribution is 2.10. The molecular formula is C19H25NO. The van der Waals surface area contributed by atoms with E-state index in [1.165, 1.54) is 0 Å². The number of allylic oxidation sites excluding steroid dienone is 1. The molecule has 1 aromatic carbocycles. The van der Waals surface area contributed by atoms with Gasteiger partial charge in [0.15, 0.2) is 5.78 Å². The van der Waals surface area contributed by atoms with E-state index in [0.29, 0.717) is 0 Å². The van der Waals surface area contributed by atoms with Crippen molar-refractivity contribution in [1.82, 2.24) is 4.90 Å². The van der Waals surface area contributed by atoms with Gasteiger partial charge >= 0.3 is 0 Å². The molecule has 0 fully saturated rings. The van der Waals surface area contributed by atoms with Gasteiger partial charge in [0.1, 0.15) is 0 Å². The van der Waals surface area contributed by atoms with E-state index in [0.717, 1.165) is 24.2 Å². The number of carbonyl (C=O) groups is 1. The zero-order chi connectivity index (χ0) is 15.9. The number of rotatable bonds is 5. The molecule has 1 rings (SSSR count). The van der Waals surface area contributed by atoms with Gasteiger partial charge in [-0.15, -0.1) is 0 Å². The molecular weight excluding hydrogens is 258 g/mol. The third kappa shape index (κ3) is 7.48. The van der Waals surface area contributed by atoms with Crippen molar-refractivity contribution in [2.45, 2.75) is 34.2 Å². The van der Waals surface area contributed by atoms with Crippen LogP contribution in [0.25, 0.3) is 0 Å². The molecule has 0 atom stereocenters. The highest BCUT2D eigenvalue weighted by molar-refractivity contribution is 5.94. The zero-order valence-electron chi connectivity index (χ0n) is 13.7. The summed E-state index contributed by atoms with van der Waals surface area (Å²) in [7, 11) is 2.06. The molecule has 0 amide bonds. The van der Waals surface area contributed by atoms with Crippen molar-refractivity contribution >= 4 is 5.78 Å². The van der Waals surface area contributed by atoms with Crippen LogP contribution in [0.15, 0.2) is 36.4 Å². The monoisotopic (exact) mass is 283 g/mol. The van der Waals surface area contributed by atoms with Crippen molar-refractivity contribution in [2.75, 3.05) is 13.6 Å². The average Bonchev–Trinajstić information content (AvgIpc) is 2.37. The Kier molecular flexibility index (Phi) is 6.39. The van der Waals surface area contributed by atoms with E-state index in [1.807, 2.05) is 30.3 Å². The highest BCUT2D eigenvalue weighted by Gasteiger charge is 2.03. The summed E-state index contributed by atoms with van der Waals surface area (Å²) < 4.78 is 0. The van der Waals surface area contributed by atoms with E-state index in [1.54, 1.807) is 6.92 Å². The lowest BCUT2D eigenvalue weighted by atomic mass is 9.98. The summed E-state index contributed by atoms with van der Waals surface area (Å²) in [5.41, 5.74) is 1.97. The van der Waals surface area contributed by atoms with Crippen LogP contribution < -0.4 is 0 Å². The normalized spacial score (nSPS) is 11.5. The second-order valence-electron chi connectivity index (χ2n) is 6.38. The first-order valence-corrected chi connectivity index (χ1v) is 7.24. The number of carbonyl (C=O) groups excluding carboxylic acids is 1. The minimum Gasteiger partial charge on any atom is -0.298 e. The minimum absolute atomic E-state index is 0.0450. The summed E-state index contributed by atoms with van der Waals surface area (Å²) in [6, 6.07) is 7.80. The van der Waals surface area contributed by atoms with E-state index < -0.39 is 0 Å². The third-order valence-electron chi connectivity index (χ3n) is 2.85. The quantitative estimate of drug-likeness (QED) is 0.603. The van der Waals surface area contributed by atoms with Gasteiger partial charge in [-0.2, -0.15) is 0 Å². The summed E-state index contributed by atoms with van der Waals surface area (Å²) in [4.78, 5) is 13.6. The van der Waals surface area contributed by atoms with Crippen LogP contribution in [0.3, 0.4) is 0 Å². The molecule has 0 spiro atoms. The van der Waals surface area contributed by atoms with Gasteiger partial charge in [-0.05, 0) is 52.4 Å². The van der Waals surface area contributed by atoms with Gasteiger partial charge in [-0.3, -0.25) is 9.69 Å². The Labute approximate surface area is 128 Å². The number of hydrogen-bond donors (Lipinski definition) is 0. The standard InChI is InChI=1S/C19H25NO/c1-16(21)18-11-9-10-17(14-18)15-20(5)13-8-6-7-12-19(2,3)4/h6,8-11,14H,13,15H2,1-5H3. The number of hydrogen-bond acceptors (Lipinski definition) is 2. The number of Topliss-reactive ketones (excluding diaryl/α,β-unsaturated/α-hetero) is 1. The molecule has 0 aliphatic carbocycles. The first kappa shape index (κ1) is 17.2. The van der Waals surface area contributed by atoms with Crippen molar-refractivity contribution in [3.05, 3.63) is 47.5 Å². The molecule has 0 bridgehead atoms. The molecule has 0 saturated carbocycles. The zero-order valence-corrected chi connectivity index (χ0v) is 13.7. The lowest BCUT2D eigenvalue weighted by Gasteiger charge is -2.14. The molecule has 0 aliphatic heterocycles.